The van der Waals surface area contributed by atoms with Gasteiger partial charge in [0.25, 0.3) is 5.91 Å². The minimum absolute atomic E-state index is 0.00185. The van der Waals surface area contributed by atoms with E-state index >= 15 is 0 Å². The quantitative estimate of drug-likeness (QED) is 0.626. The van der Waals surface area contributed by atoms with Crippen LogP contribution in [0, 0.1) is 11.3 Å². The standard InChI is InChI=1S/C20H16ClN5O3/c1-13(19(27)23-16-8-7-15(10-22)17(21)9-16)29-20(28)18-12-26(25-24-18)11-14-5-3-2-4-6-14/h2-9,12-13H,11H2,1H3,(H,23,27). The molecule has 3 rings (SSSR count). The van der Waals surface area contributed by atoms with Crippen LogP contribution in [0.15, 0.2) is 54.7 Å². The number of nitriles is 1. The second-order valence-corrected chi connectivity index (χ2v) is 6.54. The molecule has 0 spiro atoms. The van der Waals surface area contributed by atoms with Crippen LogP contribution in [0.1, 0.15) is 28.5 Å². The van der Waals surface area contributed by atoms with Gasteiger partial charge in [0.1, 0.15) is 6.07 Å². The van der Waals surface area contributed by atoms with Crippen LogP contribution in [-0.2, 0) is 16.1 Å². The Hall–Kier alpha value is -3.70. The van der Waals surface area contributed by atoms with E-state index in [-0.39, 0.29) is 10.7 Å². The lowest BCUT2D eigenvalue weighted by Crippen LogP contribution is -2.30. The van der Waals surface area contributed by atoms with Gasteiger partial charge in [-0.05, 0) is 30.7 Å². The molecular formula is C20H16ClN5O3. The van der Waals surface area contributed by atoms with Crippen LogP contribution < -0.4 is 5.32 Å². The van der Waals surface area contributed by atoms with Crippen molar-refractivity contribution in [3.63, 3.8) is 0 Å². The molecule has 1 heterocycles. The number of amides is 1. The second kappa shape index (κ2) is 8.99. The van der Waals surface area contributed by atoms with Crippen LogP contribution in [0.25, 0.3) is 0 Å². The largest absolute Gasteiger partial charge is 0.448 e. The Morgan fingerprint density at radius 3 is 2.72 bits per heavy atom. The summed E-state index contributed by atoms with van der Waals surface area (Å²) in [5, 5.41) is 19.4. The molecule has 0 aliphatic heterocycles. The highest BCUT2D eigenvalue weighted by Crippen LogP contribution is 2.20. The molecule has 0 radical (unpaired) electrons. The summed E-state index contributed by atoms with van der Waals surface area (Å²) in [5.41, 5.74) is 1.69. The van der Waals surface area contributed by atoms with Crippen LogP contribution in [0.4, 0.5) is 5.69 Å². The lowest BCUT2D eigenvalue weighted by Gasteiger charge is -2.13. The van der Waals surface area contributed by atoms with Gasteiger partial charge in [0, 0.05) is 5.69 Å². The van der Waals surface area contributed by atoms with E-state index in [1.165, 1.54) is 36.0 Å². The van der Waals surface area contributed by atoms with Crippen LogP contribution in [0.2, 0.25) is 5.02 Å². The van der Waals surface area contributed by atoms with E-state index in [1.54, 1.807) is 0 Å². The van der Waals surface area contributed by atoms with Crippen molar-refractivity contribution in [1.82, 2.24) is 15.0 Å². The number of ether oxygens (including phenoxy) is 1. The van der Waals surface area contributed by atoms with Crippen molar-refractivity contribution in [1.29, 1.82) is 5.26 Å². The molecule has 1 amide bonds. The molecule has 1 N–H and O–H groups in total. The minimum atomic E-state index is -1.07. The highest BCUT2D eigenvalue weighted by Gasteiger charge is 2.21. The van der Waals surface area contributed by atoms with Crippen LogP contribution >= 0.6 is 11.6 Å². The minimum Gasteiger partial charge on any atom is -0.448 e. The number of hydrogen-bond donors (Lipinski definition) is 1. The number of hydrogen-bond acceptors (Lipinski definition) is 6. The van der Waals surface area contributed by atoms with Crippen LogP contribution in [0.3, 0.4) is 0 Å². The first-order valence-corrected chi connectivity index (χ1v) is 8.99. The highest BCUT2D eigenvalue weighted by atomic mass is 35.5. The van der Waals surface area contributed by atoms with Gasteiger partial charge in [0.15, 0.2) is 11.8 Å². The van der Waals surface area contributed by atoms with E-state index in [9.17, 15) is 9.59 Å². The number of anilines is 1. The smallest absolute Gasteiger partial charge is 0.361 e. The fourth-order valence-corrected chi connectivity index (χ4v) is 2.66. The Morgan fingerprint density at radius 2 is 2.03 bits per heavy atom. The zero-order valence-corrected chi connectivity index (χ0v) is 16.1. The first kappa shape index (κ1) is 20.0. The van der Waals surface area contributed by atoms with Crippen molar-refractivity contribution in [2.24, 2.45) is 0 Å². The molecule has 1 unspecified atom stereocenters. The maximum absolute atomic E-state index is 12.3. The number of carbonyl (C=O) groups is 2. The fourth-order valence-electron chi connectivity index (χ4n) is 2.44. The lowest BCUT2D eigenvalue weighted by molar-refractivity contribution is -0.123. The number of rotatable bonds is 6. The van der Waals surface area contributed by atoms with Gasteiger partial charge < -0.3 is 10.1 Å². The van der Waals surface area contributed by atoms with E-state index in [2.05, 4.69) is 15.6 Å². The number of nitrogens with one attached hydrogen (secondary N) is 1. The molecule has 8 nitrogen and oxygen atoms in total. The average Bonchev–Trinajstić information content (AvgIpc) is 3.17. The van der Waals surface area contributed by atoms with E-state index < -0.39 is 18.0 Å². The summed E-state index contributed by atoms with van der Waals surface area (Å²) in [6.07, 6.45) is 0.386. The molecule has 2 aromatic carbocycles. The van der Waals surface area contributed by atoms with Gasteiger partial charge in [-0.3, -0.25) is 4.79 Å². The Labute approximate surface area is 171 Å². The number of carbonyl (C=O) groups excluding carboxylic acids is 2. The van der Waals surface area contributed by atoms with Gasteiger partial charge in [-0.25, -0.2) is 9.48 Å². The van der Waals surface area contributed by atoms with Crippen molar-refractivity contribution < 1.29 is 14.3 Å². The number of halogens is 1. The summed E-state index contributed by atoms with van der Waals surface area (Å²) in [6.45, 7) is 1.89. The summed E-state index contributed by atoms with van der Waals surface area (Å²) in [6, 6.07) is 16.0. The van der Waals surface area contributed by atoms with Crippen molar-refractivity contribution in [3.05, 3.63) is 76.6 Å². The molecule has 0 fully saturated rings. The van der Waals surface area contributed by atoms with E-state index in [0.717, 1.165) is 5.56 Å². The van der Waals surface area contributed by atoms with Crippen molar-refractivity contribution in [3.8, 4) is 6.07 Å². The van der Waals surface area contributed by atoms with Gasteiger partial charge in [-0.15, -0.1) is 5.10 Å². The molecule has 0 saturated carbocycles. The Kier molecular flexibility index (Phi) is 6.22. The number of esters is 1. The summed E-state index contributed by atoms with van der Waals surface area (Å²) in [4.78, 5) is 24.5. The fraction of sp³-hybridized carbons (Fsp3) is 0.150. The molecule has 146 valence electrons. The van der Waals surface area contributed by atoms with Crippen LogP contribution in [0.5, 0.6) is 0 Å². The number of benzene rings is 2. The van der Waals surface area contributed by atoms with Gasteiger partial charge in [-0.2, -0.15) is 5.26 Å². The molecule has 9 heteroatoms. The SMILES string of the molecule is CC(OC(=O)c1cn(Cc2ccccc2)nn1)C(=O)Nc1ccc(C#N)c(Cl)c1. The van der Waals surface area contributed by atoms with Crippen molar-refractivity contribution >= 4 is 29.2 Å². The topological polar surface area (TPSA) is 110 Å². The molecule has 0 bridgehead atoms. The van der Waals surface area contributed by atoms with Crippen LogP contribution in [-0.4, -0.2) is 33.0 Å². The second-order valence-electron chi connectivity index (χ2n) is 6.13. The summed E-state index contributed by atoms with van der Waals surface area (Å²) in [5.74, 6) is -1.30. The zero-order chi connectivity index (χ0) is 20.8. The van der Waals surface area contributed by atoms with Gasteiger partial charge in [-0.1, -0.05) is 47.1 Å². The third kappa shape index (κ3) is 5.18. The number of aromatic nitrogens is 3. The maximum Gasteiger partial charge on any atom is 0.361 e. The van der Waals surface area contributed by atoms with Gasteiger partial charge >= 0.3 is 5.97 Å². The normalized spacial score (nSPS) is 11.3. The Morgan fingerprint density at radius 1 is 1.28 bits per heavy atom. The first-order chi connectivity index (χ1) is 14.0. The molecule has 3 aromatic rings. The van der Waals surface area contributed by atoms with Gasteiger partial charge in [0.2, 0.25) is 0 Å². The predicted octanol–water partition coefficient (Wildman–Crippen LogP) is 3.04. The Bertz CT molecular complexity index is 1080. The Balaban J connectivity index is 1.58. The van der Waals surface area contributed by atoms with Crippen molar-refractivity contribution in [2.45, 2.75) is 19.6 Å². The molecule has 0 aliphatic rings. The summed E-state index contributed by atoms with van der Waals surface area (Å²) < 4.78 is 6.67. The molecular weight excluding hydrogens is 394 g/mol. The monoisotopic (exact) mass is 409 g/mol. The summed E-state index contributed by atoms with van der Waals surface area (Å²) >= 11 is 5.94. The number of nitrogens with zero attached hydrogens (tertiary/aromatic N) is 4. The van der Waals surface area contributed by atoms with E-state index in [4.69, 9.17) is 21.6 Å². The molecule has 29 heavy (non-hydrogen) atoms. The third-order valence-electron chi connectivity index (χ3n) is 3.95. The molecule has 0 saturated heterocycles. The molecule has 1 atom stereocenters. The maximum atomic E-state index is 12.3. The first-order valence-electron chi connectivity index (χ1n) is 8.62. The third-order valence-corrected chi connectivity index (χ3v) is 4.26. The zero-order valence-electron chi connectivity index (χ0n) is 15.4. The van der Waals surface area contributed by atoms with Crippen molar-refractivity contribution in [2.75, 3.05) is 5.32 Å². The molecule has 0 aliphatic carbocycles. The van der Waals surface area contributed by atoms with Gasteiger partial charge in [0.05, 0.1) is 23.3 Å². The summed E-state index contributed by atoms with van der Waals surface area (Å²) in [7, 11) is 0. The molecule has 1 aromatic heterocycles. The van der Waals surface area contributed by atoms with E-state index in [1.807, 2.05) is 36.4 Å². The van der Waals surface area contributed by atoms with E-state index in [0.29, 0.717) is 17.8 Å². The lowest BCUT2D eigenvalue weighted by atomic mass is 10.2. The predicted molar refractivity (Wildman–Crippen MR) is 105 cm³/mol. The highest BCUT2D eigenvalue weighted by molar-refractivity contribution is 6.32. The average molecular weight is 410 g/mol.